The second-order valence-corrected chi connectivity index (χ2v) is 4.98. The number of rotatable bonds is 1. The Labute approximate surface area is 118 Å². The van der Waals surface area contributed by atoms with Crippen LogP contribution in [0.1, 0.15) is 12.7 Å². The Balaban J connectivity index is 2.05. The van der Waals surface area contributed by atoms with Gasteiger partial charge in [-0.05, 0) is 18.6 Å². The quantitative estimate of drug-likeness (QED) is 0.811. The highest BCUT2D eigenvalue weighted by molar-refractivity contribution is 5.61. The monoisotopic (exact) mass is 295 g/mol. The van der Waals surface area contributed by atoms with E-state index >= 15 is 0 Å². The summed E-state index contributed by atoms with van der Waals surface area (Å²) in [5, 5.41) is 0. The van der Waals surface area contributed by atoms with Gasteiger partial charge in [-0.15, -0.1) is 0 Å². The van der Waals surface area contributed by atoms with Gasteiger partial charge in [-0.1, -0.05) is 12.1 Å². The van der Waals surface area contributed by atoms with E-state index in [2.05, 4.69) is 4.98 Å². The van der Waals surface area contributed by atoms with Crippen LogP contribution < -0.4 is 5.56 Å². The van der Waals surface area contributed by atoms with E-state index in [-0.39, 0.29) is 12.1 Å². The summed E-state index contributed by atoms with van der Waals surface area (Å²) in [7, 11) is 0. The SMILES string of the molecule is CC1=CC(C(F)(F)F)Cn2cc(-n3ccccc3=O)nc21. The summed E-state index contributed by atoms with van der Waals surface area (Å²) in [5.41, 5.74) is 0.181. The van der Waals surface area contributed by atoms with Gasteiger partial charge in [0.2, 0.25) is 0 Å². The Morgan fingerprint density at radius 3 is 2.76 bits per heavy atom. The number of pyridine rings is 1. The van der Waals surface area contributed by atoms with Crippen LogP contribution in [-0.2, 0) is 6.54 Å². The summed E-state index contributed by atoms with van der Waals surface area (Å²) in [6, 6.07) is 4.64. The minimum Gasteiger partial charge on any atom is -0.328 e. The fourth-order valence-electron chi connectivity index (χ4n) is 2.43. The number of allylic oxidation sites excluding steroid dienone is 2. The molecule has 0 amide bonds. The molecule has 7 heteroatoms. The summed E-state index contributed by atoms with van der Waals surface area (Å²) in [6.07, 6.45) is -0.0875. The largest absolute Gasteiger partial charge is 0.396 e. The number of imidazole rings is 1. The lowest BCUT2D eigenvalue weighted by atomic mass is 10.0. The van der Waals surface area contributed by atoms with Gasteiger partial charge in [0.15, 0.2) is 5.82 Å². The molecule has 4 nitrogen and oxygen atoms in total. The van der Waals surface area contributed by atoms with E-state index in [1.165, 1.54) is 33.7 Å². The molecule has 1 aliphatic rings. The van der Waals surface area contributed by atoms with Crippen LogP contribution in [0.4, 0.5) is 13.2 Å². The number of nitrogens with zero attached hydrogens (tertiary/aromatic N) is 3. The highest BCUT2D eigenvalue weighted by atomic mass is 19.4. The molecule has 0 aliphatic carbocycles. The van der Waals surface area contributed by atoms with Gasteiger partial charge in [-0.2, -0.15) is 13.2 Å². The number of aromatic nitrogens is 3. The molecule has 0 bridgehead atoms. The van der Waals surface area contributed by atoms with Crippen molar-refractivity contribution in [1.82, 2.24) is 14.1 Å². The molecule has 0 spiro atoms. The zero-order chi connectivity index (χ0) is 15.2. The molecule has 0 aromatic carbocycles. The van der Waals surface area contributed by atoms with E-state index in [4.69, 9.17) is 0 Å². The molecular weight excluding hydrogens is 283 g/mol. The minimum atomic E-state index is -4.28. The third-order valence-corrected chi connectivity index (χ3v) is 3.45. The molecule has 21 heavy (non-hydrogen) atoms. The molecule has 1 unspecified atom stereocenters. The van der Waals surface area contributed by atoms with Gasteiger partial charge in [-0.25, -0.2) is 4.98 Å². The Morgan fingerprint density at radius 1 is 1.33 bits per heavy atom. The highest BCUT2D eigenvalue weighted by Crippen LogP contribution is 2.35. The van der Waals surface area contributed by atoms with Crippen LogP contribution in [-0.4, -0.2) is 20.3 Å². The second-order valence-electron chi connectivity index (χ2n) is 4.98. The van der Waals surface area contributed by atoms with Crippen LogP contribution in [0.15, 0.2) is 41.5 Å². The number of fused-ring (bicyclic) bond motifs is 1. The van der Waals surface area contributed by atoms with Crippen molar-refractivity contribution in [2.24, 2.45) is 5.92 Å². The van der Waals surface area contributed by atoms with E-state index in [1.807, 2.05) is 0 Å². The fraction of sp³-hybridized carbons (Fsp3) is 0.286. The standard InChI is InChI=1S/C14H12F3N3O/c1-9-6-10(14(15,16)17)7-19-8-11(18-13(9)19)20-5-3-2-4-12(20)21/h2-6,8,10H,7H2,1H3. The van der Waals surface area contributed by atoms with E-state index in [9.17, 15) is 18.0 Å². The van der Waals surface area contributed by atoms with E-state index in [1.54, 1.807) is 19.1 Å². The second kappa shape index (κ2) is 4.61. The zero-order valence-electron chi connectivity index (χ0n) is 11.1. The third kappa shape index (κ3) is 2.39. The van der Waals surface area contributed by atoms with E-state index in [0.29, 0.717) is 17.2 Å². The van der Waals surface area contributed by atoms with Gasteiger partial charge >= 0.3 is 6.18 Å². The van der Waals surface area contributed by atoms with Crippen molar-refractivity contribution in [2.45, 2.75) is 19.6 Å². The van der Waals surface area contributed by atoms with E-state index < -0.39 is 12.1 Å². The number of hydrogen-bond acceptors (Lipinski definition) is 2. The van der Waals surface area contributed by atoms with Crippen molar-refractivity contribution in [1.29, 1.82) is 0 Å². The molecule has 0 saturated carbocycles. The van der Waals surface area contributed by atoms with E-state index in [0.717, 1.165) is 0 Å². The molecule has 2 aromatic rings. The van der Waals surface area contributed by atoms with Crippen LogP contribution >= 0.6 is 0 Å². The maximum Gasteiger partial charge on any atom is 0.396 e. The lowest BCUT2D eigenvalue weighted by molar-refractivity contribution is -0.164. The van der Waals surface area contributed by atoms with Crippen molar-refractivity contribution < 1.29 is 13.2 Å². The molecule has 0 fully saturated rings. The van der Waals surface area contributed by atoms with Gasteiger partial charge in [0.25, 0.3) is 5.56 Å². The average Bonchev–Trinajstić information content (AvgIpc) is 2.82. The summed E-state index contributed by atoms with van der Waals surface area (Å²) >= 11 is 0. The minimum absolute atomic E-state index is 0.218. The van der Waals surface area contributed by atoms with Crippen LogP contribution in [0, 0.1) is 5.92 Å². The smallest absolute Gasteiger partial charge is 0.328 e. The third-order valence-electron chi connectivity index (χ3n) is 3.45. The summed E-state index contributed by atoms with van der Waals surface area (Å²) in [5.74, 6) is -0.744. The summed E-state index contributed by atoms with van der Waals surface area (Å²) in [6.45, 7) is 1.37. The maximum atomic E-state index is 12.9. The Morgan fingerprint density at radius 2 is 2.10 bits per heavy atom. The fourth-order valence-corrected chi connectivity index (χ4v) is 2.43. The average molecular weight is 295 g/mol. The molecular formula is C14H12F3N3O. The van der Waals surface area contributed by atoms with Crippen molar-refractivity contribution in [2.75, 3.05) is 0 Å². The Kier molecular flexibility index (Phi) is 3.00. The predicted molar refractivity (Wildman–Crippen MR) is 71.0 cm³/mol. The maximum absolute atomic E-state index is 12.9. The first kappa shape index (κ1) is 13.7. The molecule has 1 atom stereocenters. The first-order valence-electron chi connectivity index (χ1n) is 6.37. The van der Waals surface area contributed by atoms with Crippen molar-refractivity contribution >= 4 is 5.57 Å². The summed E-state index contributed by atoms with van der Waals surface area (Å²) < 4.78 is 41.4. The first-order valence-corrected chi connectivity index (χ1v) is 6.37. The Hall–Kier alpha value is -2.31. The van der Waals surface area contributed by atoms with Crippen molar-refractivity contribution in [3.05, 3.63) is 52.8 Å². The first-order chi connectivity index (χ1) is 9.86. The molecule has 3 rings (SSSR count). The molecule has 0 N–H and O–H groups in total. The topological polar surface area (TPSA) is 39.8 Å². The van der Waals surface area contributed by atoms with Gasteiger partial charge in [0, 0.05) is 25.0 Å². The number of halogens is 3. The zero-order valence-corrected chi connectivity index (χ0v) is 11.1. The molecule has 0 radical (unpaired) electrons. The molecule has 0 saturated heterocycles. The lowest BCUT2D eigenvalue weighted by Crippen LogP contribution is -2.28. The van der Waals surface area contributed by atoms with Crippen LogP contribution in [0.3, 0.4) is 0 Å². The molecule has 3 heterocycles. The van der Waals surface area contributed by atoms with Gasteiger partial charge < -0.3 is 4.57 Å². The lowest BCUT2D eigenvalue weighted by Gasteiger charge is -2.23. The van der Waals surface area contributed by atoms with Crippen molar-refractivity contribution in [3.8, 4) is 5.82 Å². The molecule has 110 valence electrons. The van der Waals surface area contributed by atoms with Crippen LogP contribution in [0.5, 0.6) is 0 Å². The Bertz CT molecular complexity index is 770. The van der Waals surface area contributed by atoms with Crippen LogP contribution in [0.25, 0.3) is 11.4 Å². The molecule has 2 aromatic heterocycles. The van der Waals surface area contributed by atoms with Gasteiger partial charge in [0.1, 0.15) is 5.82 Å². The number of alkyl halides is 3. The number of hydrogen-bond donors (Lipinski definition) is 0. The van der Waals surface area contributed by atoms with Crippen molar-refractivity contribution in [3.63, 3.8) is 0 Å². The van der Waals surface area contributed by atoms with Gasteiger partial charge in [0.05, 0.1) is 5.92 Å². The molecule has 1 aliphatic heterocycles. The van der Waals surface area contributed by atoms with Gasteiger partial charge in [-0.3, -0.25) is 9.36 Å². The summed E-state index contributed by atoms with van der Waals surface area (Å²) in [4.78, 5) is 16.0. The predicted octanol–water partition coefficient (Wildman–Crippen LogP) is 2.63. The normalized spacial score (nSPS) is 18.3. The highest BCUT2D eigenvalue weighted by Gasteiger charge is 2.40. The van der Waals surface area contributed by atoms with Crippen LogP contribution in [0.2, 0.25) is 0 Å².